The van der Waals surface area contributed by atoms with Crippen LogP contribution in [0.15, 0.2) is 84.9 Å². The standard InChI is InChI=1S/C24H23NO5/c1-29-21-14-8-13-20(15-21)25-22(26)17-30-24(16-23(27)28,18-9-4-2-5-10-18)19-11-6-3-7-12-19/h2-15H,16-17H2,1H3,(H,25,26)(H,27,28). The van der Waals surface area contributed by atoms with Gasteiger partial charge in [-0.15, -0.1) is 0 Å². The molecule has 154 valence electrons. The Balaban J connectivity index is 1.88. The number of aliphatic carboxylic acids is 1. The third-order valence-corrected chi connectivity index (χ3v) is 4.68. The Hall–Kier alpha value is -3.64. The molecule has 0 saturated carbocycles. The van der Waals surface area contributed by atoms with Crippen molar-refractivity contribution in [1.29, 1.82) is 0 Å². The monoisotopic (exact) mass is 405 g/mol. The molecule has 0 atom stereocenters. The second kappa shape index (κ2) is 9.71. The number of nitrogens with one attached hydrogen (secondary N) is 1. The fraction of sp³-hybridized carbons (Fsp3) is 0.167. The van der Waals surface area contributed by atoms with Gasteiger partial charge in [0, 0.05) is 11.8 Å². The van der Waals surface area contributed by atoms with E-state index in [1.54, 1.807) is 55.6 Å². The van der Waals surface area contributed by atoms with Crippen LogP contribution in [0.1, 0.15) is 17.5 Å². The molecule has 0 aliphatic carbocycles. The first kappa shape index (κ1) is 21.1. The molecule has 3 rings (SSSR count). The Morgan fingerprint density at radius 2 is 1.50 bits per heavy atom. The predicted octanol–water partition coefficient (Wildman–Crippen LogP) is 4.07. The van der Waals surface area contributed by atoms with Gasteiger partial charge >= 0.3 is 5.97 Å². The number of amides is 1. The van der Waals surface area contributed by atoms with Crippen LogP contribution in [0.2, 0.25) is 0 Å². The van der Waals surface area contributed by atoms with Crippen molar-refractivity contribution >= 4 is 17.6 Å². The molecule has 0 unspecified atom stereocenters. The summed E-state index contributed by atoms with van der Waals surface area (Å²) in [7, 11) is 1.55. The third-order valence-electron chi connectivity index (χ3n) is 4.68. The number of carbonyl (C=O) groups excluding carboxylic acids is 1. The van der Waals surface area contributed by atoms with Gasteiger partial charge in [-0.05, 0) is 23.3 Å². The van der Waals surface area contributed by atoms with Gasteiger partial charge in [-0.2, -0.15) is 0 Å². The summed E-state index contributed by atoms with van der Waals surface area (Å²) in [6, 6.07) is 25.1. The Morgan fingerprint density at radius 1 is 0.900 bits per heavy atom. The van der Waals surface area contributed by atoms with E-state index in [-0.39, 0.29) is 13.0 Å². The SMILES string of the molecule is COc1cccc(NC(=O)COC(CC(=O)O)(c2ccccc2)c2ccccc2)c1. The summed E-state index contributed by atoms with van der Waals surface area (Å²) < 4.78 is 11.2. The quantitative estimate of drug-likeness (QED) is 0.561. The van der Waals surface area contributed by atoms with Crippen LogP contribution >= 0.6 is 0 Å². The molecule has 0 spiro atoms. The lowest BCUT2D eigenvalue weighted by Gasteiger charge is -2.33. The fourth-order valence-corrected chi connectivity index (χ4v) is 3.30. The molecule has 3 aromatic carbocycles. The summed E-state index contributed by atoms with van der Waals surface area (Å²) in [4.78, 5) is 24.4. The van der Waals surface area contributed by atoms with Gasteiger partial charge in [0.1, 0.15) is 18.0 Å². The average molecular weight is 405 g/mol. The van der Waals surface area contributed by atoms with Crippen LogP contribution in [-0.4, -0.2) is 30.7 Å². The molecule has 0 bridgehead atoms. The maximum absolute atomic E-state index is 12.6. The molecule has 0 saturated heterocycles. The minimum atomic E-state index is -1.31. The number of hydrogen-bond donors (Lipinski definition) is 2. The number of carboxylic acids is 1. The normalized spacial score (nSPS) is 11.0. The van der Waals surface area contributed by atoms with Gasteiger partial charge in [0.15, 0.2) is 0 Å². The van der Waals surface area contributed by atoms with Gasteiger partial charge in [0.2, 0.25) is 5.91 Å². The van der Waals surface area contributed by atoms with E-state index in [0.717, 1.165) is 0 Å². The lowest BCUT2D eigenvalue weighted by atomic mass is 9.83. The van der Waals surface area contributed by atoms with E-state index >= 15 is 0 Å². The van der Waals surface area contributed by atoms with Gasteiger partial charge in [0.25, 0.3) is 0 Å². The van der Waals surface area contributed by atoms with Crippen LogP contribution < -0.4 is 10.1 Å². The maximum Gasteiger partial charge on any atom is 0.307 e. The number of ether oxygens (including phenoxy) is 2. The van der Waals surface area contributed by atoms with Gasteiger partial charge in [0.05, 0.1) is 13.5 Å². The highest BCUT2D eigenvalue weighted by Gasteiger charge is 2.38. The van der Waals surface area contributed by atoms with Gasteiger partial charge in [-0.1, -0.05) is 66.7 Å². The van der Waals surface area contributed by atoms with Crippen molar-refractivity contribution in [2.45, 2.75) is 12.0 Å². The molecule has 3 aromatic rings. The van der Waals surface area contributed by atoms with Crippen LogP contribution in [-0.2, 0) is 19.9 Å². The molecular formula is C24H23NO5. The molecule has 0 aromatic heterocycles. The van der Waals surface area contributed by atoms with Crippen LogP contribution in [0.3, 0.4) is 0 Å². The first-order chi connectivity index (χ1) is 14.5. The van der Waals surface area contributed by atoms with E-state index in [4.69, 9.17) is 9.47 Å². The van der Waals surface area contributed by atoms with Crippen molar-refractivity contribution in [3.63, 3.8) is 0 Å². The van der Waals surface area contributed by atoms with Gasteiger partial charge in [-0.3, -0.25) is 9.59 Å². The van der Waals surface area contributed by atoms with E-state index in [9.17, 15) is 14.7 Å². The highest BCUT2D eigenvalue weighted by Crippen LogP contribution is 2.37. The maximum atomic E-state index is 12.6. The van der Waals surface area contributed by atoms with E-state index in [0.29, 0.717) is 22.6 Å². The summed E-state index contributed by atoms with van der Waals surface area (Å²) in [6.45, 7) is -0.325. The largest absolute Gasteiger partial charge is 0.497 e. The zero-order chi connectivity index (χ0) is 21.4. The molecule has 1 amide bonds. The first-order valence-electron chi connectivity index (χ1n) is 9.44. The van der Waals surface area contributed by atoms with Crippen molar-refractivity contribution in [2.75, 3.05) is 19.0 Å². The highest BCUT2D eigenvalue weighted by atomic mass is 16.5. The fourth-order valence-electron chi connectivity index (χ4n) is 3.30. The average Bonchev–Trinajstić information content (AvgIpc) is 2.77. The second-order valence-corrected chi connectivity index (χ2v) is 6.70. The van der Waals surface area contributed by atoms with E-state index < -0.39 is 17.5 Å². The zero-order valence-electron chi connectivity index (χ0n) is 16.6. The summed E-state index contributed by atoms with van der Waals surface area (Å²) in [5, 5.41) is 12.4. The van der Waals surface area contributed by atoms with Crippen molar-refractivity contribution in [3.8, 4) is 5.75 Å². The van der Waals surface area contributed by atoms with Gasteiger partial charge in [-0.25, -0.2) is 0 Å². The minimum absolute atomic E-state index is 0.325. The van der Waals surface area contributed by atoms with Crippen molar-refractivity contribution < 1.29 is 24.2 Å². The number of rotatable bonds is 9. The molecule has 30 heavy (non-hydrogen) atoms. The number of methoxy groups -OCH3 is 1. The Morgan fingerprint density at radius 3 is 2.03 bits per heavy atom. The molecule has 2 N–H and O–H groups in total. The van der Waals surface area contributed by atoms with E-state index in [2.05, 4.69) is 5.32 Å². The molecule has 0 aliphatic heterocycles. The number of anilines is 1. The van der Waals surface area contributed by atoms with Crippen LogP contribution in [0.4, 0.5) is 5.69 Å². The van der Waals surface area contributed by atoms with Crippen molar-refractivity contribution in [2.24, 2.45) is 0 Å². The zero-order valence-corrected chi connectivity index (χ0v) is 16.6. The first-order valence-corrected chi connectivity index (χ1v) is 9.44. The Labute approximate surface area is 175 Å². The summed E-state index contributed by atoms with van der Waals surface area (Å²) >= 11 is 0. The van der Waals surface area contributed by atoms with Crippen molar-refractivity contribution in [1.82, 2.24) is 0 Å². The summed E-state index contributed by atoms with van der Waals surface area (Å²) in [6.07, 6.45) is -0.326. The minimum Gasteiger partial charge on any atom is -0.497 e. The van der Waals surface area contributed by atoms with E-state index in [1.165, 1.54) is 0 Å². The van der Waals surface area contributed by atoms with Crippen LogP contribution in [0.5, 0.6) is 5.75 Å². The number of carboxylic acid groups (broad SMARTS) is 1. The smallest absolute Gasteiger partial charge is 0.307 e. The molecule has 6 nitrogen and oxygen atoms in total. The van der Waals surface area contributed by atoms with Crippen LogP contribution in [0, 0.1) is 0 Å². The lowest BCUT2D eigenvalue weighted by Crippen LogP contribution is -2.37. The predicted molar refractivity (Wildman–Crippen MR) is 113 cm³/mol. The Kier molecular flexibility index (Phi) is 6.83. The summed E-state index contributed by atoms with van der Waals surface area (Å²) in [5.41, 5.74) is 0.576. The third kappa shape index (κ3) is 5.04. The molecule has 0 aliphatic rings. The summed E-state index contributed by atoms with van der Waals surface area (Å²) in [5.74, 6) is -0.816. The molecule has 0 fully saturated rings. The molecule has 0 radical (unpaired) electrons. The van der Waals surface area contributed by atoms with Crippen LogP contribution in [0.25, 0.3) is 0 Å². The highest BCUT2D eigenvalue weighted by molar-refractivity contribution is 5.92. The van der Waals surface area contributed by atoms with E-state index in [1.807, 2.05) is 36.4 Å². The Bertz CT molecular complexity index is 949. The topological polar surface area (TPSA) is 84.9 Å². The molecule has 0 heterocycles. The second-order valence-electron chi connectivity index (χ2n) is 6.70. The lowest BCUT2D eigenvalue weighted by molar-refractivity contribution is -0.146. The van der Waals surface area contributed by atoms with Gasteiger partial charge < -0.3 is 19.9 Å². The molecule has 6 heteroatoms. The number of benzene rings is 3. The molecular weight excluding hydrogens is 382 g/mol. The number of hydrogen-bond acceptors (Lipinski definition) is 4. The number of carbonyl (C=O) groups is 2. The van der Waals surface area contributed by atoms with Crippen molar-refractivity contribution in [3.05, 3.63) is 96.1 Å².